The van der Waals surface area contributed by atoms with Gasteiger partial charge >= 0.3 is 5.97 Å². The van der Waals surface area contributed by atoms with Gasteiger partial charge in [0.05, 0.1) is 13.2 Å². The molecule has 4 atom stereocenters. The molecule has 6 nitrogen and oxygen atoms in total. The summed E-state index contributed by atoms with van der Waals surface area (Å²) in [6, 6.07) is 2.93. The number of esters is 1. The van der Waals surface area contributed by atoms with E-state index in [-0.39, 0.29) is 31.0 Å². The van der Waals surface area contributed by atoms with Gasteiger partial charge in [-0.3, -0.25) is 0 Å². The second kappa shape index (κ2) is 6.99. The highest BCUT2D eigenvalue weighted by Gasteiger charge is 2.46. The molecule has 7 heteroatoms. The molecule has 0 unspecified atom stereocenters. The van der Waals surface area contributed by atoms with Gasteiger partial charge in [0.2, 0.25) is 0 Å². The number of hydrogen-bond acceptors (Lipinski definition) is 5. The molecule has 1 aromatic rings. The predicted octanol–water partition coefficient (Wildman–Crippen LogP) is -3.96. The first-order valence-corrected chi connectivity index (χ1v) is 6.14. The number of nitrogens with zero attached hydrogens (tertiary/aromatic N) is 1. The summed E-state index contributed by atoms with van der Waals surface area (Å²) in [5.74, 6) is -0.810. The Morgan fingerprint density at radius 2 is 2.15 bits per heavy atom. The summed E-state index contributed by atoms with van der Waals surface area (Å²) in [5.41, 5.74) is 0.374. The molecule has 20 heavy (non-hydrogen) atoms. The van der Waals surface area contributed by atoms with Gasteiger partial charge in [-0.1, -0.05) is 0 Å². The van der Waals surface area contributed by atoms with Crippen molar-refractivity contribution in [2.45, 2.75) is 24.7 Å². The van der Waals surface area contributed by atoms with Crippen molar-refractivity contribution in [1.82, 2.24) is 0 Å². The molecule has 0 radical (unpaired) electrons. The monoisotopic (exact) mass is 303 g/mol. The van der Waals surface area contributed by atoms with Crippen LogP contribution >= 0.6 is 0 Å². The van der Waals surface area contributed by atoms with E-state index < -0.39 is 18.2 Å². The second-order valence-corrected chi connectivity index (χ2v) is 4.76. The fourth-order valence-corrected chi connectivity index (χ4v) is 2.51. The van der Waals surface area contributed by atoms with Crippen LogP contribution in [-0.2, 0) is 4.74 Å². The van der Waals surface area contributed by atoms with Crippen LogP contribution in [0, 0.1) is 5.92 Å². The lowest BCUT2D eigenvalue weighted by molar-refractivity contribution is -0.729. The predicted molar refractivity (Wildman–Crippen MR) is 64.2 cm³/mol. The largest absolute Gasteiger partial charge is 1.00 e. The van der Waals surface area contributed by atoms with Crippen molar-refractivity contribution in [3.8, 4) is 0 Å². The molecule has 3 N–H and O–H groups in total. The third-order valence-electron chi connectivity index (χ3n) is 3.63. The number of aliphatic hydroxyl groups is 3. The molecule has 0 aliphatic heterocycles. The third-order valence-corrected chi connectivity index (χ3v) is 3.63. The topological polar surface area (TPSA) is 90.9 Å². The fourth-order valence-electron chi connectivity index (χ4n) is 2.51. The summed E-state index contributed by atoms with van der Waals surface area (Å²) >= 11 is 0. The smallest absolute Gasteiger partial charge is 0.343 e. The van der Waals surface area contributed by atoms with Crippen molar-refractivity contribution in [2.75, 3.05) is 13.7 Å². The Bertz CT molecular complexity index is 470. The molecule has 112 valence electrons. The van der Waals surface area contributed by atoms with Gasteiger partial charge in [0, 0.05) is 25.0 Å². The van der Waals surface area contributed by atoms with Gasteiger partial charge in [-0.25, -0.2) is 4.79 Å². The average molecular weight is 304 g/mol. The summed E-state index contributed by atoms with van der Waals surface area (Å²) in [4.78, 5) is 11.5. The van der Waals surface area contributed by atoms with Gasteiger partial charge in [0.15, 0.2) is 18.4 Å². The summed E-state index contributed by atoms with van der Waals surface area (Å²) in [6.07, 6.45) is 1.83. The molecule has 1 aliphatic carbocycles. The van der Waals surface area contributed by atoms with Crippen LogP contribution in [0.2, 0.25) is 0 Å². The lowest BCUT2D eigenvalue weighted by Gasteiger charge is -2.13. The highest BCUT2D eigenvalue weighted by molar-refractivity contribution is 5.88. The normalized spacial score (nSPS) is 28.8. The van der Waals surface area contributed by atoms with Gasteiger partial charge in [-0.05, 0) is 6.07 Å². The van der Waals surface area contributed by atoms with Crippen LogP contribution < -0.4 is 17.0 Å². The summed E-state index contributed by atoms with van der Waals surface area (Å²) < 4.78 is 6.32. The van der Waals surface area contributed by atoms with Crippen molar-refractivity contribution in [3.05, 3.63) is 30.1 Å². The van der Waals surface area contributed by atoms with E-state index in [1.54, 1.807) is 29.1 Å². The Morgan fingerprint density at radius 3 is 2.70 bits per heavy atom. The van der Waals surface area contributed by atoms with E-state index in [1.807, 2.05) is 0 Å². The SMILES string of the molecule is COC(=O)c1ccc[n+]([C@@H]2C[C@H](CO)[C@@H](O)[C@H]2O)c1.[Cl-]. The van der Waals surface area contributed by atoms with Crippen molar-refractivity contribution in [2.24, 2.45) is 5.92 Å². The van der Waals surface area contributed by atoms with E-state index in [1.165, 1.54) is 7.11 Å². The highest BCUT2D eigenvalue weighted by Crippen LogP contribution is 2.31. The molecule has 0 spiro atoms. The molecular formula is C13H18ClNO5. The molecule has 1 saturated carbocycles. The van der Waals surface area contributed by atoms with E-state index in [0.717, 1.165) is 0 Å². The standard InChI is InChI=1S/C13H18NO5.ClH/c1-19-13(18)8-3-2-4-14(6-8)10-5-9(7-15)11(16)12(10)17;/h2-4,6,9-12,15-17H,5,7H2,1H3;1H/q+1;/p-1/t9-,10-,11-,12+;/m1./s1. The zero-order chi connectivity index (χ0) is 14.0. The summed E-state index contributed by atoms with van der Waals surface area (Å²) in [7, 11) is 1.30. The number of ether oxygens (including phenoxy) is 1. The number of methoxy groups -OCH3 is 1. The third kappa shape index (κ3) is 3.09. The molecule has 1 aromatic heterocycles. The zero-order valence-corrected chi connectivity index (χ0v) is 11.8. The molecule has 2 rings (SSSR count). The summed E-state index contributed by atoms with van der Waals surface area (Å²) in [6.45, 7) is -0.175. The molecule has 0 amide bonds. The first kappa shape index (κ1) is 16.8. The van der Waals surface area contributed by atoms with Gasteiger partial charge in [0.1, 0.15) is 11.7 Å². The maximum Gasteiger partial charge on any atom is 0.343 e. The number of halogens is 1. The van der Waals surface area contributed by atoms with Crippen LogP contribution in [0.25, 0.3) is 0 Å². The first-order chi connectivity index (χ1) is 9.08. The lowest BCUT2D eigenvalue weighted by atomic mass is 10.1. The van der Waals surface area contributed by atoms with Crippen LogP contribution in [0.4, 0.5) is 0 Å². The molecular weight excluding hydrogens is 286 g/mol. The van der Waals surface area contributed by atoms with Crippen LogP contribution in [0.3, 0.4) is 0 Å². The van der Waals surface area contributed by atoms with Crippen molar-refractivity contribution < 1.29 is 41.8 Å². The Balaban J connectivity index is 0.00000200. The highest BCUT2D eigenvalue weighted by atomic mass is 35.5. The molecule has 1 fully saturated rings. The molecule has 1 heterocycles. The molecule has 0 saturated heterocycles. The fraction of sp³-hybridized carbons (Fsp3) is 0.538. The average Bonchev–Trinajstić information content (AvgIpc) is 2.74. The Kier molecular flexibility index (Phi) is 5.88. The molecule has 0 aromatic carbocycles. The van der Waals surface area contributed by atoms with E-state index in [2.05, 4.69) is 4.74 Å². The number of hydrogen-bond donors (Lipinski definition) is 3. The first-order valence-electron chi connectivity index (χ1n) is 6.14. The number of pyridine rings is 1. The Labute approximate surface area is 123 Å². The second-order valence-electron chi connectivity index (χ2n) is 4.76. The number of aliphatic hydroxyl groups excluding tert-OH is 3. The van der Waals surface area contributed by atoms with E-state index in [4.69, 9.17) is 5.11 Å². The molecule has 0 bridgehead atoms. The quantitative estimate of drug-likeness (QED) is 0.392. The van der Waals surface area contributed by atoms with Crippen LogP contribution in [0.15, 0.2) is 24.5 Å². The van der Waals surface area contributed by atoms with Crippen LogP contribution in [-0.4, -0.2) is 47.2 Å². The van der Waals surface area contributed by atoms with Crippen molar-refractivity contribution in [3.63, 3.8) is 0 Å². The lowest BCUT2D eigenvalue weighted by Crippen LogP contribution is -3.00. The van der Waals surface area contributed by atoms with Gasteiger partial charge in [0.25, 0.3) is 0 Å². The minimum Gasteiger partial charge on any atom is -1.00 e. The Morgan fingerprint density at radius 1 is 1.45 bits per heavy atom. The van der Waals surface area contributed by atoms with Gasteiger partial charge in [-0.2, -0.15) is 4.57 Å². The maximum atomic E-state index is 11.5. The molecule has 1 aliphatic rings. The number of carbonyl (C=O) groups excluding carboxylic acids is 1. The van der Waals surface area contributed by atoms with Gasteiger partial charge < -0.3 is 32.5 Å². The number of aromatic nitrogens is 1. The number of rotatable bonds is 3. The van der Waals surface area contributed by atoms with Crippen molar-refractivity contribution in [1.29, 1.82) is 0 Å². The van der Waals surface area contributed by atoms with Crippen LogP contribution in [0.1, 0.15) is 22.8 Å². The minimum absolute atomic E-state index is 0. The maximum absolute atomic E-state index is 11.5. The van der Waals surface area contributed by atoms with Crippen molar-refractivity contribution >= 4 is 5.97 Å². The van der Waals surface area contributed by atoms with Gasteiger partial charge in [-0.15, -0.1) is 0 Å². The van der Waals surface area contributed by atoms with Crippen LogP contribution in [0.5, 0.6) is 0 Å². The van der Waals surface area contributed by atoms with E-state index in [9.17, 15) is 15.0 Å². The zero-order valence-electron chi connectivity index (χ0n) is 11.0. The van der Waals surface area contributed by atoms with E-state index in [0.29, 0.717) is 12.0 Å². The number of carbonyl (C=O) groups is 1. The minimum atomic E-state index is -0.963. The Hall–Kier alpha value is -1.21. The summed E-state index contributed by atoms with van der Waals surface area (Å²) in [5, 5.41) is 28.9. The van der Waals surface area contributed by atoms with E-state index >= 15 is 0 Å².